The van der Waals surface area contributed by atoms with E-state index in [2.05, 4.69) is 9.97 Å². The Morgan fingerprint density at radius 3 is 1.21 bits per heavy atom. The number of pyridine rings is 2. The highest BCUT2D eigenvalue weighted by Crippen LogP contribution is 2.28. The van der Waals surface area contributed by atoms with E-state index in [-0.39, 0.29) is 26.2 Å². The molecule has 1 aliphatic rings. The first kappa shape index (κ1) is 21.2. The molecule has 10 nitrogen and oxygen atoms in total. The summed E-state index contributed by atoms with van der Waals surface area (Å²) in [6.45, 7) is 0.428. The zero-order valence-electron chi connectivity index (χ0n) is 14.8. The maximum absolute atomic E-state index is 11.3. The standard InChI is InChI=1S/C16H22N4O6P2/c21-27(22,23)11-19-7-13-3-1-4-14(17-13)8-20(12-28(24,25)26)10-16-6-2-5-15(9-19)18-16/h1-6H,7-12H2,(H2,21,22,23)(H2,24,25,26)/p-4. The Balaban J connectivity index is 1.97. The molecule has 0 radical (unpaired) electrons. The lowest BCUT2D eigenvalue weighted by Gasteiger charge is -2.36. The van der Waals surface area contributed by atoms with Crippen molar-refractivity contribution in [3.63, 3.8) is 0 Å². The molecular formula is C16H18N4O6P2-4. The summed E-state index contributed by atoms with van der Waals surface area (Å²) in [4.78, 5) is 56.9. The summed E-state index contributed by atoms with van der Waals surface area (Å²) < 4.78 is 22.6. The van der Waals surface area contributed by atoms with Crippen molar-refractivity contribution in [3.05, 3.63) is 59.2 Å². The van der Waals surface area contributed by atoms with Gasteiger partial charge in [0.2, 0.25) is 0 Å². The van der Waals surface area contributed by atoms with Gasteiger partial charge < -0.3 is 28.7 Å². The van der Waals surface area contributed by atoms with Crippen LogP contribution in [0.3, 0.4) is 0 Å². The van der Waals surface area contributed by atoms with Gasteiger partial charge in [-0.3, -0.25) is 19.8 Å². The van der Waals surface area contributed by atoms with Gasteiger partial charge >= 0.3 is 0 Å². The fourth-order valence-corrected chi connectivity index (χ4v) is 4.51. The van der Waals surface area contributed by atoms with E-state index >= 15 is 0 Å². The average Bonchev–Trinajstić information content (AvgIpc) is 2.51. The molecule has 0 amide bonds. The summed E-state index contributed by atoms with van der Waals surface area (Å²) in [5, 5.41) is 0. The molecule has 0 unspecified atom stereocenters. The van der Waals surface area contributed by atoms with Gasteiger partial charge in [-0.1, -0.05) is 27.3 Å². The largest absolute Gasteiger partial charge is 0.810 e. The van der Waals surface area contributed by atoms with Crippen LogP contribution in [0.1, 0.15) is 22.8 Å². The summed E-state index contributed by atoms with van der Waals surface area (Å²) in [5.74, 6) is 0. The van der Waals surface area contributed by atoms with Crippen LogP contribution >= 0.6 is 15.2 Å². The van der Waals surface area contributed by atoms with E-state index in [9.17, 15) is 28.7 Å². The van der Waals surface area contributed by atoms with Crippen molar-refractivity contribution in [1.82, 2.24) is 19.8 Å². The molecule has 12 heteroatoms. The Bertz CT molecular complexity index is 813. The number of nitrogens with zero attached hydrogens (tertiary/aromatic N) is 4. The van der Waals surface area contributed by atoms with Crippen molar-refractivity contribution in [1.29, 1.82) is 0 Å². The van der Waals surface area contributed by atoms with Crippen molar-refractivity contribution >= 4 is 15.2 Å². The Hall–Kier alpha value is -1.48. The predicted molar refractivity (Wildman–Crippen MR) is 91.9 cm³/mol. The molecule has 1 aliphatic heterocycles. The van der Waals surface area contributed by atoms with Crippen LogP contribution in [-0.4, -0.2) is 32.3 Å². The van der Waals surface area contributed by atoms with E-state index in [1.165, 1.54) is 9.80 Å². The summed E-state index contributed by atoms with van der Waals surface area (Å²) in [6.07, 6.45) is -1.32. The minimum Gasteiger partial charge on any atom is -0.810 e. The second-order valence-electron chi connectivity index (χ2n) is 6.72. The first-order chi connectivity index (χ1) is 13.1. The lowest BCUT2D eigenvalue weighted by molar-refractivity contribution is -0.317. The smallest absolute Gasteiger partial charge is 0.0548 e. The maximum atomic E-state index is 11.3. The number of hydrogen-bond acceptors (Lipinski definition) is 10. The zero-order chi connectivity index (χ0) is 20.4. The van der Waals surface area contributed by atoms with Crippen molar-refractivity contribution in [2.45, 2.75) is 26.2 Å². The van der Waals surface area contributed by atoms with E-state index in [1.807, 2.05) is 0 Å². The fraction of sp³-hybridized carbons (Fsp3) is 0.375. The molecule has 0 spiro atoms. The van der Waals surface area contributed by atoms with Gasteiger partial charge in [-0.25, -0.2) is 0 Å². The molecule has 0 aromatic carbocycles. The Morgan fingerprint density at radius 1 is 0.679 bits per heavy atom. The number of aromatic nitrogens is 2. The lowest BCUT2D eigenvalue weighted by atomic mass is 10.2. The zero-order valence-corrected chi connectivity index (χ0v) is 16.6. The van der Waals surface area contributed by atoms with E-state index < -0.39 is 27.8 Å². The SMILES string of the molecule is O=P([O-])([O-])CN1Cc2cccc(n2)CN(CP(=O)([O-])[O-])Cc2cccc(n2)C1. The second kappa shape index (κ2) is 8.49. The molecule has 0 atom stereocenters. The highest BCUT2D eigenvalue weighted by atomic mass is 31.2. The van der Waals surface area contributed by atoms with E-state index in [0.29, 0.717) is 22.8 Å². The van der Waals surface area contributed by atoms with Crippen LogP contribution in [0.15, 0.2) is 36.4 Å². The van der Waals surface area contributed by atoms with Crippen molar-refractivity contribution in [2.75, 3.05) is 12.6 Å². The lowest BCUT2D eigenvalue weighted by Crippen LogP contribution is -2.33. The fourth-order valence-electron chi connectivity index (χ4n) is 3.13. The molecule has 0 aliphatic carbocycles. The predicted octanol–water partition coefficient (Wildman–Crippen LogP) is -1.46. The summed E-state index contributed by atoms with van der Waals surface area (Å²) in [7, 11) is -9.57. The monoisotopic (exact) mass is 424 g/mol. The van der Waals surface area contributed by atoms with Crippen LogP contribution in [0, 0.1) is 0 Å². The molecule has 0 fully saturated rings. The highest BCUT2D eigenvalue weighted by molar-refractivity contribution is 7.48. The molecular weight excluding hydrogens is 406 g/mol. The third-order valence-corrected chi connectivity index (χ3v) is 5.51. The van der Waals surface area contributed by atoms with Crippen LogP contribution in [0.4, 0.5) is 0 Å². The summed E-state index contributed by atoms with van der Waals surface area (Å²) in [6, 6.07) is 10.1. The van der Waals surface area contributed by atoms with Gasteiger partial charge in [-0.15, -0.1) is 0 Å². The molecule has 3 heterocycles. The average molecular weight is 424 g/mol. The Kier molecular flexibility index (Phi) is 6.44. The maximum Gasteiger partial charge on any atom is 0.0548 e. The first-order valence-corrected chi connectivity index (χ1v) is 11.9. The third-order valence-electron chi connectivity index (χ3n) is 4.02. The molecule has 28 heavy (non-hydrogen) atoms. The summed E-state index contributed by atoms with van der Waals surface area (Å²) in [5.41, 5.74) is 2.09. The molecule has 152 valence electrons. The van der Waals surface area contributed by atoms with E-state index in [4.69, 9.17) is 0 Å². The van der Waals surface area contributed by atoms with E-state index in [1.54, 1.807) is 36.4 Å². The third kappa shape index (κ3) is 6.84. The minimum absolute atomic E-state index is 0.107. The highest BCUT2D eigenvalue weighted by Gasteiger charge is 2.16. The minimum atomic E-state index is -4.78. The Morgan fingerprint density at radius 2 is 0.964 bits per heavy atom. The van der Waals surface area contributed by atoms with Gasteiger partial charge in [0.1, 0.15) is 0 Å². The van der Waals surface area contributed by atoms with Gasteiger partial charge in [0, 0.05) is 38.8 Å². The van der Waals surface area contributed by atoms with Crippen molar-refractivity contribution in [2.24, 2.45) is 0 Å². The van der Waals surface area contributed by atoms with Gasteiger partial charge in [0.25, 0.3) is 0 Å². The molecule has 2 aromatic heterocycles. The van der Waals surface area contributed by atoms with Crippen LogP contribution in [0.2, 0.25) is 0 Å². The van der Waals surface area contributed by atoms with Gasteiger partial charge in [0.15, 0.2) is 0 Å². The second-order valence-corrected chi connectivity index (χ2v) is 9.73. The van der Waals surface area contributed by atoms with Gasteiger partial charge in [-0.2, -0.15) is 0 Å². The van der Waals surface area contributed by atoms with Crippen LogP contribution in [-0.2, 0) is 35.3 Å². The number of hydrogen-bond donors (Lipinski definition) is 0. The van der Waals surface area contributed by atoms with Crippen molar-refractivity contribution < 1.29 is 28.7 Å². The van der Waals surface area contributed by atoms with Crippen molar-refractivity contribution in [3.8, 4) is 0 Å². The number of rotatable bonds is 4. The van der Waals surface area contributed by atoms with Gasteiger partial charge in [0.05, 0.1) is 22.8 Å². The van der Waals surface area contributed by atoms with E-state index in [0.717, 1.165) is 0 Å². The normalized spacial score (nSPS) is 17.0. The van der Waals surface area contributed by atoms with Crippen LogP contribution < -0.4 is 19.6 Å². The Labute approximate surface area is 162 Å². The molecule has 0 N–H and O–H groups in total. The van der Waals surface area contributed by atoms with Crippen LogP contribution in [0.5, 0.6) is 0 Å². The molecule has 4 bridgehead atoms. The molecule has 0 saturated carbocycles. The van der Waals surface area contributed by atoms with Crippen LogP contribution in [0.25, 0.3) is 0 Å². The number of fused-ring (bicyclic) bond motifs is 4. The quantitative estimate of drug-likeness (QED) is 0.531. The molecule has 2 aromatic rings. The topological polar surface area (TPSA) is 159 Å². The molecule has 0 saturated heterocycles. The molecule has 3 rings (SSSR count). The van der Waals surface area contributed by atoms with Gasteiger partial charge in [-0.05, 0) is 24.3 Å². The first-order valence-electron chi connectivity index (χ1n) is 8.42. The summed E-state index contributed by atoms with van der Waals surface area (Å²) >= 11 is 0.